The van der Waals surface area contributed by atoms with Gasteiger partial charge in [-0.15, -0.1) is 0 Å². The number of hydrogen-bond donors (Lipinski definition) is 3. The normalized spacial score (nSPS) is 9.47. The standard InChI is InChI=1S/C8H3F4.BH3O3.Li/c1-2-4-7(11)5(9)3-6(10)8(4)12;2-1(3)4;/h2H,1H2;2-4H;. The van der Waals surface area contributed by atoms with Gasteiger partial charge in [-0.1, -0.05) is 0 Å². The van der Waals surface area contributed by atoms with Gasteiger partial charge in [0.2, 0.25) is 0 Å². The van der Waals surface area contributed by atoms with E-state index in [1.54, 1.807) is 0 Å². The fraction of sp³-hybridized carbons (Fsp3) is 0. The second-order valence-electron chi connectivity index (χ2n) is 2.85. The predicted octanol–water partition coefficient (Wildman–Crippen LogP) is -0.372. The summed E-state index contributed by atoms with van der Waals surface area (Å²) in [6.07, 6.45) is 0.732. The number of rotatable bonds is 1. The molecule has 0 unspecified atom stereocenters. The molecular weight excluding hydrogens is 238 g/mol. The van der Waals surface area contributed by atoms with Gasteiger partial charge in [-0.25, -0.2) is 0 Å². The molecule has 0 amide bonds. The zero-order valence-electron chi connectivity index (χ0n) is 8.72. The van der Waals surface area contributed by atoms with Gasteiger partial charge in [0.1, 0.15) is 0 Å². The van der Waals surface area contributed by atoms with E-state index in [4.69, 9.17) is 15.1 Å². The van der Waals surface area contributed by atoms with E-state index in [-0.39, 0.29) is 0 Å². The Bertz CT molecular complexity index is 396. The van der Waals surface area contributed by atoms with Gasteiger partial charge in [-0.05, 0) is 0 Å². The zero-order chi connectivity index (χ0) is 13.7. The Morgan fingerprint density at radius 3 is 1.47 bits per heavy atom. The van der Waals surface area contributed by atoms with Crippen molar-refractivity contribution in [1.29, 1.82) is 0 Å². The SMILES string of the molecule is OB(O)O.[Li][c]1c(F)c(F)c(C=C)c(F)c1F. The van der Waals surface area contributed by atoms with E-state index in [2.05, 4.69) is 6.58 Å². The zero-order valence-corrected chi connectivity index (χ0v) is 8.72. The Morgan fingerprint density at radius 1 is 0.941 bits per heavy atom. The third-order valence-electron chi connectivity index (χ3n) is 1.72. The van der Waals surface area contributed by atoms with Crippen LogP contribution in [0.2, 0.25) is 0 Å². The van der Waals surface area contributed by atoms with Crippen LogP contribution in [0.3, 0.4) is 0 Å². The van der Waals surface area contributed by atoms with Gasteiger partial charge < -0.3 is 15.1 Å². The van der Waals surface area contributed by atoms with Crippen molar-refractivity contribution in [3.8, 4) is 0 Å². The Hall–Kier alpha value is -0.778. The van der Waals surface area contributed by atoms with Crippen LogP contribution in [0.1, 0.15) is 5.56 Å². The van der Waals surface area contributed by atoms with Gasteiger partial charge in [0.25, 0.3) is 0 Å². The number of hydrogen-bond acceptors (Lipinski definition) is 3. The Morgan fingerprint density at radius 2 is 1.24 bits per heavy atom. The average Bonchev–Trinajstić information content (AvgIpc) is 2.24. The molecule has 17 heavy (non-hydrogen) atoms. The van der Waals surface area contributed by atoms with Crippen LogP contribution in [0, 0.1) is 23.3 Å². The molecule has 0 aromatic heterocycles. The summed E-state index contributed by atoms with van der Waals surface area (Å²) in [5.41, 5.74) is -0.777. The summed E-state index contributed by atoms with van der Waals surface area (Å²) in [5, 5.41) is 21.5. The third kappa shape index (κ3) is 4.18. The molecule has 0 aliphatic carbocycles. The fourth-order valence-electron chi connectivity index (χ4n) is 0.938. The minimum atomic E-state index is -2.17. The first-order valence-corrected chi connectivity index (χ1v) is 4.23. The van der Waals surface area contributed by atoms with Crippen molar-refractivity contribution in [2.75, 3.05) is 0 Å². The topological polar surface area (TPSA) is 60.7 Å². The monoisotopic (exact) mass is 244 g/mol. The summed E-state index contributed by atoms with van der Waals surface area (Å²) in [6.45, 7) is 3.05. The van der Waals surface area contributed by atoms with Crippen LogP contribution in [0.15, 0.2) is 6.58 Å². The summed E-state index contributed by atoms with van der Waals surface area (Å²) in [7, 11) is -2.17. The van der Waals surface area contributed by atoms with E-state index in [0.29, 0.717) is 0 Å². The van der Waals surface area contributed by atoms with Crippen molar-refractivity contribution in [1.82, 2.24) is 0 Å². The molecule has 1 aromatic carbocycles. The Balaban J connectivity index is 0.000000557. The van der Waals surface area contributed by atoms with Crippen molar-refractivity contribution in [3.05, 3.63) is 35.4 Å². The first-order valence-electron chi connectivity index (χ1n) is 4.23. The molecule has 88 valence electrons. The van der Waals surface area contributed by atoms with Crippen LogP contribution in [-0.2, 0) is 0 Å². The van der Waals surface area contributed by atoms with E-state index in [9.17, 15) is 17.6 Å². The van der Waals surface area contributed by atoms with E-state index >= 15 is 0 Å². The molecule has 9 heteroatoms. The molecule has 0 spiro atoms. The maximum absolute atomic E-state index is 12.9. The van der Waals surface area contributed by atoms with E-state index < -0.39 is 40.4 Å². The summed E-state index contributed by atoms with van der Waals surface area (Å²) >= 11 is 0.962. The third-order valence-corrected chi connectivity index (χ3v) is 1.72. The van der Waals surface area contributed by atoms with Gasteiger partial charge >= 0.3 is 88.3 Å². The molecule has 0 heterocycles. The van der Waals surface area contributed by atoms with Crippen LogP contribution < -0.4 is 4.24 Å². The van der Waals surface area contributed by atoms with Gasteiger partial charge in [-0.2, -0.15) is 0 Å². The van der Waals surface area contributed by atoms with E-state index in [1.165, 1.54) is 0 Å². The van der Waals surface area contributed by atoms with Crippen molar-refractivity contribution in [3.63, 3.8) is 0 Å². The quantitative estimate of drug-likeness (QED) is 0.358. The molecule has 0 atom stereocenters. The summed E-state index contributed by atoms with van der Waals surface area (Å²) in [4.78, 5) is 0. The van der Waals surface area contributed by atoms with Crippen molar-refractivity contribution in [2.24, 2.45) is 0 Å². The van der Waals surface area contributed by atoms with Gasteiger partial charge in [0, 0.05) is 0 Å². The summed E-state index contributed by atoms with van der Waals surface area (Å²) < 4.78 is 50.6. The Labute approximate surface area is 104 Å². The number of benzene rings is 1. The van der Waals surface area contributed by atoms with Gasteiger partial charge in [-0.3, -0.25) is 0 Å². The predicted molar refractivity (Wildman–Crippen MR) is 54.2 cm³/mol. The van der Waals surface area contributed by atoms with Crippen LogP contribution in [0.4, 0.5) is 17.6 Å². The molecule has 0 bridgehead atoms. The second kappa shape index (κ2) is 6.84. The summed E-state index contributed by atoms with van der Waals surface area (Å²) in [5.74, 6) is -5.58. The van der Waals surface area contributed by atoms with Crippen LogP contribution in [0.25, 0.3) is 6.08 Å². The van der Waals surface area contributed by atoms with E-state index in [0.717, 1.165) is 23.8 Å². The average molecular weight is 244 g/mol. The molecule has 1 aromatic rings. The first kappa shape index (κ1) is 16.2. The molecule has 3 nitrogen and oxygen atoms in total. The number of halogens is 4. The molecule has 0 saturated heterocycles. The van der Waals surface area contributed by atoms with Gasteiger partial charge in [0.15, 0.2) is 0 Å². The van der Waals surface area contributed by atoms with E-state index in [1.807, 2.05) is 0 Å². The minimum absolute atomic E-state index is 0.666. The Kier molecular flexibility index (Phi) is 6.52. The molecule has 0 radical (unpaired) electrons. The first-order chi connectivity index (χ1) is 7.73. The van der Waals surface area contributed by atoms with Gasteiger partial charge in [0.05, 0.1) is 0 Å². The second-order valence-corrected chi connectivity index (χ2v) is 2.85. The van der Waals surface area contributed by atoms with Crippen LogP contribution in [-0.4, -0.2) is 40.1 Å². The molecule has 1 rings (SSSR count). The maximum atomic E-state index is 12.9. The fourth-order valence-corrected chi connectivity index (χ4v) is 0.938. The molecule has 0 aliphatic heterocycles. The molecule has 0 saturated carbocycles. The van der Waals surface area contributed by atoms with Crippen molar-refractivity contribution >= 4 is 35.3 Å². The molecule has 3 N–H and O–H groups in total. The van der Waals surface area contributed by atoms with Crippen LogP contribution >= 0.6 is 0 Å². The van der Waals surface area contributed by atoms with Crippen molar-refractivity contribution < 1.29 is 32.6 Å². The molecule has 0 fully saturated rings. The van der Waals surface area contributed by atoms with Crippen LogP contribution in [0.5, 0.6) is 0 Å². The van der Waals surface area contributed by atoms with Crippen molar-refractivity contribution in [2.45, 2.75) is 0 Å². The molecular formula is C8H6BF4LiO3. The summed E-state index contributed by atoms with van der Waals surface area (Å²) in [6, 6.07) is 0. The molecule has 0 aliphatic rings.